The zero-order valence-electron chi connectivity index (χ0n) is 14.0. The molecule has 0 aliphatic heterocycles. The molecule has 0 radical (unpaired) electrons. The number of fused-ring (bicyclic) bond motifs is 2. The van der Waals surface area contributed by atoms with Gasteiger partial charge in [-0.3, -0.25) is 4.98 Å². The Morgan fingerprint density at radius 3 is 2.96 bits per heavy atom. The standard InChI is InChI=1S/C21H21NO2/c1-21-9-7-16(20(23)24-2)12-18(21)5-6-19(21)15-4-3-14-8-10-22-13-17(14)11-15/h3-4,7-13,18-19H,5-6H2,1-2H3. The van der Waals surface area contributed by atoms with Crippen LogP contribution in [-0.4, -0.2) is 18.1 Å². The Kier molecular flexibility index (Phi) is 3.52. The molecule has 0 amide bonds. The summed E-state index contributed by atoms with van der Waals surface area (Å²) in [4.78, 5) is 16.1. The van der Waals surface area contributed by atoms with Crippen LogP contribution in [0, 0.1) is 11.3 Å². The van der Waals surface area contributed by atoms with E-state index < -0.39 is 0 Å². The second-order valence-electron chi connectivity index (χ2n) is 7.03. The molecule has 0 bridgehead atoms. The fourth-order valence-corrected chi connectivity index (χ4v) is 4.37. The van der Waals surface area contributed by atoms with Crippen LogP contribution >= 0.6 is 0 Å². The van der Waals surface area contributed by atoms with Crippen molar-refractivity contribution in [1.29, 1.82) is 0 Å². The average molecular weight is 319 g/mol. The van der Waals surface area contributed by atoms with Crippen LogP contribution in [0.2, 0.25) is 0 Å². The van der Waals surface area contributed by atoms with Crippen LogP contribution < -0.4 is 0 Å². The largest absolute Gasteiger partial charge is 0.465 e. The first-order valence-corrected chi connectivity index (χ1v) is 8.45. The maximum absolute atomic E-state index is 11.8. The number of carbonyl (C=O) groups excluding carboxylic acids is 1. The number of allylic oxidation sites excluding steroid dienone is 2. The molecule has 0 N–H and O–H groups in total. The molecule has 2 aliphatic rings. The Morgan fingerprint density at radius 1 is 1.25 bits per heavy atom. The lowest BCUT2D eigenvalue weighted by molar-refractivity contribution is -0.135. The van der Waals surface area contributed by atoms with Crippen molar-refractivity contribution in [2.45, 2.75) is 25.7 Å². The third-order valence-electron chi connectivity index (χ3n) is 5.81. The third-order valence-corrected chi connectivity index (χ3v) is 5.81. The fraction of sp³-hybridized carbons (Fsp3) is 0.333. The van der Waals surface area contributed by atoms with Crippen molar-refractivity contribution in [3.63, 3.8) is 0 Å². The molecule has 1 saturated carbocycles. The number of carbonyl (C=O) groups is 1. The van der Waals surface area contributed by atoms with E-state index in [1.54, 1.807) is 0 Å². The van der Waals surface area contributed by atoms with Crippen molar-refractivity contribution in [3.8, 4) is 0 Å². The summed E-state index contributed by atoms with van der Waals surface area (Å²) in [5, 5.41) is 2.41. The van der Waals surface area contributed by atoms with E-state index in [4.69, 9.17) is 4.74 Å². The lowest BCUT2D eigenvalue weighted by Crippen LogP contribution is -2.27. The Balaban J connectivity index is 1.69. The van der Waals surface area contributed by atoms with Crippen LogP contribution in [0.15, 0.2) is 60.5 Å². The smallest absolute Gasteiger partial charge is 0.337 e. The van der Waals surface area contributed by atoms with Crippen LogP contribution in [0.1, 0.15) is 31.2 Å². The molecule has 1 heterocycles. The molecule has 24 heavy (non-hydrogen) atoms. The van der Waals surface area contributed by atoms with Gasteiger partial charge in [0.25, 0.3) is 0 Å². The van der Waals surface area contributed by atoms with E-state index in [2.05, 4.69) is 42.3 Å². The van der Waals surface area contributed by atoms with Crippen molar-refractivity contribution < 1.29 is 9.53 Å². The molecular weight excluding hydrogens is 298 g/mol. The molecule has 2 aliphatic carbocycles. The van der Waals surface area contributed by atoms with E-state index in [0.717, 1.165) is 12.8 Å². The number of rotatable bonds is 2. The zero-order valence-corrected chi connectivity index (χ0v) is 14.0. The minimum absolute atomic E-state index is 0.0490. The molecule has 3 unspecified atom stereocenters. The first-order chi connectivity index (χ1) is 11.6. The van der Waals surface area contributed by atoms with Crippen molar-refractivity contribution >= 4 is 16.7 Å². The number of aromatic nitrogens is 1. The maximum Gasteiger partial charge on any atom is 0.337 e. The minimum Gasteiger partial charge on any atom is -0.465 e. The summed E-state index contributed by atoms with van der Waals surface area (Å²) in [6, 6.07) is 8.75. The highest BCUT2D eigenvalue weighted by Gasteiger charge is 2.46. The number of esters is 1. The fourth-order valence-electron chi connectivity index (χ4n) is 4.37. The number of nitrogens with zero attached hydrogens (tertiary/aromatic N) is 1. The average Bonchev–Trinajstić information content (AvgIpc) is 2.96. The Hall–Kier alpha value is -2.42. The van der Waals surface area contributed by atoms with Gasteiger partial charge in [-0.05, 0) is 53.2 Å². The molecule has 1 fully saturated rings. The van der Waals surface area contributed by atoms with Crippen molar-refractivity contribution in [2.24, 2.45) is 11.3 Å². The molecule has 1 aromatic heterocycles. The predicted molar refractivity (Wildman–Crippen MR) is 94.6 cm³/mol. The van der Waals surface area contributed by atoms with Crippen LogP contribution in [-0.2, 0) is 9.53 Å². The molecule has 4 rings (SSSR count). The van der Waals surface area contributed by atoms with Gasteiger partial charge in [0.2, 0.25) is 0 Å². The lowest BCUT2D eigenvalue weighted by atomic mass is 9.68. The normalized spacial score (nSPS) is 28.5. The van der Waals surface area contributed by atoms with Gasteiger partial charge in [0.05, 0.1) is 12.7 Å². The minimum atomic E-state index is -0.242. The maximum atomic E-state index is 11.8. The number of ether oxygens (including phenoxy) is 1. The van der Waals surface area contributed by atoms with Gasteiger partial charge in [0, 0.05) is 17.8 Å². The molecule has 1 aromatic carbocycles. The number of methoxy groups -OCH3 is 1. The highest BCUT2D eigenvalue weighted by molar-refractivity contribution is 5.92. The van der Waals surface area contributed by atoms with E-state index in [1.165, 1.54) is 23.4 Å². The van der Waals surface area contributed by atoms with Gasteiger partial charge in [0.1, 0.15) is 0 Å². The molecule has 0 spiro atoms. The van der Waals surface area contributed by atoms with Gasteiger partial charge in [-0.25, -0.2) is 4.79 Å². The zero-order chi connectivity index (χ0) is 16.7. The summed E-state index contributed by atoms with van der Waals surface area (Å²) in [5.74, 6) is 0.596. The van der Waals surface area contributed by atoms with Crippen LogP contribution in [0.3, 0.4) is 0 Å². The van der Waals surface area contributed by atoms with E-state index >= 15 is 0 Å². The van der Waals surface area contributed by atoms with Crippen LogP contribution in [0.5, 0.6) is 0 Å². The first-order valence-electron chi connectivity index (χ1n) is 8.45. The predicted octanol–water partition coefficient (Wildman–Crippen LogP) is 4.40. The Labute approximate surface area is 142 Å². The Morgan fingerprint density at radius 2 is 2.12 bits per heavy atom. The molecule has 3 nitrogen and oxygen atoms in total. The molecular formula is C21H21NO2. The summed E-state index contributed by atoms with van der Waals surface area (Å²) in [5.41, 5.74) is 2.09. The summed E-state index contributed by atoms with van der Waals surface area (Å²) in [6.45, 7) is 2.31. The number of hydrogen-bond acceptors (Lipinski definition) is 3. The summed E-state index contributed by atoms with van der Waals surface area (Å²) < 4.78 is 4.87. The summed E-state index contributed by atoms with van der Waals surface area (Å²) >= 11 is 0. The third kappa shape index (κ3) is 2.27. The SMILES string of the molecule is COC(=O)C1=CC2CCC(c3ccc4ccncc4c3)C2(C)C=C1. The van der Waals surface area contributed by atoms with E-state index in [0.29, 0.717) is 17.4 Å². The number of benzene rings is 1. The van der Waals surface area contributed by atoms with Gasteiger partial charge >= 0.3 is 5.97 Å². The molecule has 3 atom stereocenters. The quantitative estimate of drug-likeness (QED) is 0.770. The summed E-state index contributed by atoms with van der Waals surface area (Å²) in [6.07, 6.45) is 12.2. The first kappa shape index (κ1) is 15.1. The van der Waals surface area contributed by atoms with Crippen molar-refractivity contribution in [2.75, 3.05) is 7.11 Å². The topological polar surface area (TPSA) is 39.2 Å². The molecule has 3 heteroatoms. The van der Waals surface area contributed by atoms with Gasteiger partial charge < -0.3 is 4.74 Å². The van der Waals surface area contributed by atoms with Crippen LogP contribution in [0.25, 0.3) is 10.8 Å². The second kappa shape index (κ2) is 5.59. The highest BCUT2D eigenvalue weighted by Crippen LogP contribution is 2.56. The van der Waals surface area contributed by atoms with E-state index in [1.807, 2.05) is 24.5 Å². The summed E-state index contributed by atoms with van der Waals surface area (Å²) in [7, 11) is 1.44. The molecule has 0 saturated heterocycles. The molecule has 2 aromatic rings. The van der Waals surface area contributed by atoms with Gasteiger partial charge in [-0.2, -0.15) is 0 Å². The van der Waals surface area contributed by atoms with E-state index in [-0.39, 0.29) is 11.4 Å². The number of hydrogen-bond donors (Lipinski definition) is 0. The van der Waals surface area contributed by atoms with Crippen LogP contribution in [0.4, 0.5) is 0 Å². The Bertz CT molecular complexity index is 867. The van der Waals surface area contributed by atoms with E-state index in [9.17, 15) is 4.79 Å². The monoisotopic (exact) mass is 319 g/mol. The highest BCUT2D eigenvalue weighted by atomic mass is 16.5. The van der Waals surface area contributed by atoms with Crippen molar-refractivity contribution in [3.05, 3.63) is 66.0 Å². The number of pyridine rings is 1. The lowest BCUT2D eigenvalue weighted by Gasteiger charge is -2.35. The van der Waals surface area contributed by atoms with Gasteiger partial charge in [-0.15, -0.1) is 0 Å². The second-order valence-corrected chi connectivity index (χ2v) is 7.03. The molecule has 122 valence electrons. The van der Waals surface area contributed by atoms with Crippen molar-refractivity contribution in [1.82, 2.24) is 4.98 Å². The van der Waals surface area contributed by atoms with Gasteiger partial charge in [0.15, 0.2) is 0 Å². The van der Waals surface area contributed by atoms with Gasteiger partial charge in [-0.1, -0.05) is 37.3 Å².